The van der Waals surface area contributed by atoms with Crippen LogP contribution in [-0.4, -0.2) is 38.9 Å². The number of hydrogen-bond donors (Lipinski definition) is 1. The fraction of sp³-hybridized carbons (Fsp3) is 0.467. The first-order chi connectivity index (χ1) is 17.8. The molecule has 3 aromatic rings. The number of aromatic nitrogens is 2. The van der Waals surface area contributed by atoms with Gasteiger partial charge in [0.15, 0.2) is 0 Å². The van der Waals surface area contributed by atoms with Crippen molar-refractivity contribution >= 4 is 28.5 Å². The molecule has 3 heterocycles. The minimum absolute atomic E-state index is 0.188. The predicted molar refractivity (Wildman–Crippen MR) is 144 cm³/mol. The maximum absolute atomic E-state index is 13.2. The zero-order valence-electron chi connectivity index (χ0n) is 22.1. The quantitative estimate of drug-likeness (QED) is 0.513. The number of piperidine rings is 1. The number of amides is 2. The Labute approximate surface area is 218 Å². The molecule has 0 radical (unpaired) electrons. The Morgan fingerprint density at radius 1 is 1.19 bits per heavy atom. The van der Waals surface area contributed by atoms with Crippen molar-refractivity contribution in [3.63, 3.8) is 0 Å². The highest BCUT2D eigenvalue weighted by Gasteiger charge is 2.38. The maximum Gasteiger partial charge on any atom is 0.255 e. The molecule has 192 valence electrons. The van der Waals surface area contributed by atoms with Crippen LogP contribution in [0.5, 0.6) is 0 Å². The number of pyridine rings is 1. The summed E-state index contributed by atoms with van der Waals surface area (Å²) in [5.41, 5.74) is 4.66. The van der Waals surface area contributed by atoms with E-state index in [0.29, 0.717) is 34.6 Å². The molecule has 1 saturated carbocycles. The van der Waals surface area contributed by atoms with Gasteiger partial charge in [0.25, 0.3) is 5.91 Å². The van der Waals surface area contributed by atoms with E-state index in [2.05, 4.69) is 40.9 Å². The fourth-order valence-electron chi connectivity index (χ4n) is 6.36. The van der Waals surface area contributed by atoms with Gasteiger partial charge in [0.2, 0.25) is 5.91 Å². The lowest BCUT2D eigenvalue weighted by Gasteiger charge is -2.43. The predicted octanol–water partition coefficient (Wildman–Crippen LogP) is 5.54. The van der Waals surface area contributed by atoms with E-state index < -0.39 is 0 Å². The van der Waals surface area contributed by atoms with Gasteiger partial charge in [-0.1, -0.05) is 25.8 Å². The first kappa shape index (κ1) is 25.0. The van der Waals surface area contributed by atoms with Crippen molar-refractivity contribution in [3.05, 3.63) is 58.9 Å². The number of rotatable bonds is 4. The number of nitrogens with zero attached hydrogens (tertiary/aromatic N) is 4. The van der Waals surface area contributed by atoms with Gasteiger partial charge < -0.3 is 14.8 Å². The van der Waals surface area contributed by atoms with Crippen LogP contribution >= 0.6 is 0 Å². The number of benzene rings is 1. The van der Waals surface area contributed by atoms with Gasteiger partial charge in [0.1, 0.15) is 5.65 Å². The number of aryl methyl sites for hydroxylation is 2. The number of anilines is 1. The van der Waals surface area contributed by atoms with Crippen molar-refractivity contribution in [2.24, 2.45) is 18.9 Å². The van der Waals surface area contributed by atoms with E-state index in [1.165, 1.54) is 18.4 Å². The molecular weight excluding hydrogens is 462 g/mol. The van der Waals surface area contributed by atoms with Gasteiger partial charge in [0.05, 0.1) is 23.5 Å². The summed E-state index contributed by atoms with van der Waals surface area (Å²) in [4.78, 5) is 33.0. The summed E-state index contributed by atoms with van der Waals surface area (Å²) in [7, 11) is 2.01. The Balaban J connectivity index is 1.43. The Bertz CT molecular complexity index is 1390. The molecule has 5 rings (SSSR count). The van der Waals surface area contributed by atoms with Crippen molar-refractivity contribution in [1.82, 2.24) is 14.5 Å². The second kappa shape index (κ2) is 10.0. The molecule has 2 aromatic heterocycles. The second-order valence-electron chi connectivity index (χ2n) is 11.0. The highest BCUT2D eigenvalue weighted by atomic mass is 16.2. The number of hydrogen-bond acceptors (Lipinski definition) is 4. The van der Waals surface area contributed by atoms with Crippen LogP contribution in [0.4, 0.5) is 5.69 Å². The summed E-state index contributed by atoms with van der Waals surface area (Å²) in [6.07, 6.45) is 9.20. The third kappa shape index (κ3) is 4.61. The molecule has 3 atom stereocenters. The van der Waals surface area contributed by atoms with Gasteiger partial charge in [-0.25, -0.2) is 4.98 Å². The molecular formula is C30H35N5O2. The molecule has 1 unspecified atom stereocenters. The first-order valence-corrected chi connectivity index (χ1v) is 13.3. The molecule has 1 aromatic carbocycles. The van der Waals surface area contributed by atoms with Crippen LogP contribution < -0.4 is 5.32 Å². The van der Waals surface area contributed by atoms with Crippen molar-refractivity contribution in [3.8, 4) is 6.07 Å². The monoisotopic (exact) mass is 497 g/mol. The average molecular weight is 498 g/mol. The van der Waals surface area contributed by atoms with Crippen molar-refractivity contribution in [1.29, 1.82) is 5.26 Å². The minimum Gasteiger partial charge on any atom is -0.339 e. The van der Waals surface area contributed by atoms with Crippen LogP contribution in [-0.2, 0) is 11.8 Å². The van der Waals surface area contributed by atoms with Gasteiger partial charge in [-0.3, -0.25) is 9.59 Å². The molecule has 1 saturated heterocycles. The van der Waals surface area contributed by atoms with E-state index in [0.717, 1.165) is 42.4 Å². The van der Waals surface area contributed by atoms with Crippen LogP contribution in [0.1, 0.15) is 78.9 Å². The van der Waals surface area contributed by atoms with E-state index in [1.54, 1.807) is 30.5 Å². The normalized spacial score (nSPS) is 22.2. The number of likely N-dealkylation sites (tertiary alicyclic amines) is 1. The smallest absolute Gasteiger partial charge is 0.255 e. The van der Waals surface area contributed by atoms with Gasteiger partial charge in [0, 0.05) is 42.7 Å². The highest BCUT2D eigenvalue weighted by molar-refractivity contribution is 6.06. The lowest BCUT2D eigenvalue weighted by molar-refractivity contribution is -0.140. The fourth-order valence-corrected chi connectivity index (χ4v) is 6.36. The van der Waals surface area contributed by atoms with Crippen molar-refractivity contribution < 1.29 is 9.59 Å². The molecule has 1 aliphatic carbocycles. The van der Waals surface area contributed by atoms with Gasteiger partial charge in [-0.05, 0) is 74.3 Å². The zero-order chi connectivity index (χ0) is 26.3. The molecule has 0 spiro atoms. The lowest BCUT2D eigenvalue weighted by Crippen LogP contribution is -2.49. The topological polar surface area (TPSA) is 91.0 Å². The summed E-state index contributed by atoms with van der Waals surface area (Å²) >= 11 is 0. The van der Waals surface area contributed by atoms with Gasteiger partial charge >= 0.3 is 0 Å². The summed E-state index contributed by atoms with van der Waals surface area (Å²) in [6, 6.07) is 8.96. The molecule has 1 N–H and O–H groups in total. The largest absolute Gasteiger partial charge is 0.339 e. The number of nitriles is 1. The zero-order valence-corrected chi connectivity index (χ0v) is 22.1. The summed E-state index contributed by atoms with van der Waals surface area (Å²) in [6.45, 7) is 7.24. The number of carbonyl (C=O) groups is 2. The minimum atomic E-state index is -0.264. The average Bonchev–Trinajstić information content (AvgIpc) is 3.55. The maximum atomic E-state index is 13.2. The second-order valence-corrected chi connectivity index (χ2v) is 11.0. The van der Waals surface area contributed by atoms with Gasteiger partial charge in [-0.2, -0.15) is 5.26 Å². The van der Waals surface area contributed by atoms with Crippen LogP contribution in [0.3, 0.4) is 0 Å². The van der Waals surface area contributed by atoms with Crippen molar-refractivity contribution in [2.75, 3.05) is 11.9 Å². The first-order valence-electron chi connectivity index (χ1n) is 13.3. The Morgan fingerprint density at radius 2 is 1.95 bits per heavy atom. The Hall–Kier alpha value is -3.66. The van der Waals surface area contributed by atoms with E-state index >= 15 is 0 Å². The molecule has 2 amide bonds. The SMILES string of the molecule is Cc1c(NC(=O)c2cccc(C#N)c2)cnc2c1c(C1C[C@H](C)N(C(=O)C3CCCC3)C[C@H]1C)cn2C. The molecule has 7 nitrogen and oxygen atoms in total. The van der Waals surface area contributed by atoms with E-state index in [9.17, 15) is 14.9 Å². The van der Waals surface area contributed by atoms with Crippen molar-refractivity contribution in [2.45, 2.75) is 64.8 Å². The van der Waals surface area contributed by atoms with Crippen LogP contribution in [0, 0.1) is 30.1 Å². The van der Waals surface area contributed by atoms with E-state index in [-0.39, 0.29) is 17.9 Å². The molecule has 2 fully saturated rings. The Kier molecular flexibility index (Phi) is 6.76. The highest BCUT2D eigenvalue weighted by Crippen LogP contribution is 2.42. The van der Waals surface area contributed by atoms with Gasteiger partial charge in [-0.15, -0.1) is 0 Å². The molecule has 7 heteroatoms. The third-order valence-corrected chi connectivity index (χ3v) is 8.46. The number of carbonyl (C=O) groups excluding carboxylic acids is 2. The van der Waals surface area contributed by atoms with Crippen LogP contribution in [0.2, 0.25) is 0 Å². The Morgan fingerprint density at radius 3 is 2.68 bits per heavy atom. The standard InChI is InChI=1S/C30H35N5O2/c1-18-16-35(30(37)22-9-5-6-10-22)19(2)12-24(18)25-17-34(4)28-27(25)20(3)26(15-32-28)33-29(36)23-11-7-8-21(13-23)14-31/h7-8,11,13,15,17-19,22,24H,5-6,9-10,12,16H2,1-4H3,(H,33,36)/t18-,19+,24?/m1/s1. The molecule has 37 heavy (non-hydrogen) atoms. The summed E-state index contributed by atoms with van der Waals surface area (Å²) in [5.74, 6) is 0.898. The summed E-state index contributed by atoms with van der Waals surface area (Å²) in [5, 5.41) is 13.3. The number of fused-ring (bicyclic) bond motifs is 1. The van der Waals surface area contributed by atoms with E-state index in [1.807, 2.05) is 14.0 Å². The van der Waals surface area contributed by atoms with Crippen LogP contribution in [0.15, 0.2) is 36.7 Å². The number of nitrogens with one attached hydrogen (secondary N) is 1. The molecule has 1 aliphatic heterocycles. The van der Waals surface area contributed by atoms with E-state index in [4.69, 9.17) is 4.98 Å². The molecule has 0 bridgehead atoms. The molecule has 2 aliphatic rings. The van der Waals surface area contributed by atoms with Crippen LogP contribution in [0.25, 0.3) is 11.0 Å². The lowest BCUT2D eigenvalue weighted by atomic mass is 9.78. The summed E-state index contributed by atoms with van der Waals surface area (Å²) < 4.78 is 2.06. The third-order valence-electron chi connectivity index (χ3n) is 8.46.